The molecule has 1 aliphatic rings. The van der Waals surface area contributed by atoms with Crippen LogP contribution in [0, 0.1) is 0 Å². The van der Waals surface area contributed by atoms with E-state index in [1.807, 2.05) is 0 Å². The Morgan fingerprint density at radius 3 is 2.90 bits per heavy atom. The van der Waals surface area contributed by atoms with E-state index in [2.05, 4.69) is 10.6 Å². The Balaban J connectivity index is 2.31. The van der Waals surface area contributed by atoms with Crippen LogP contribution in [0.3, 0.4) is 0 Å². The minimum absolute atomic E-state index is 0.0914. The predicted octanol–water partition coefficient (Wildman–Crippen LogP) is -2.09. The van der Waals surface area contributed by atoms with E-state index in [4.69, 9.17) is 5.73 Å². The van der Waals surface area contributed by atoms with E-state index in [9.17, 15) is 9.59 Å². The molecule has 2 amide bonds. The molecule has 1 atom stereocenters. The fourth-order valence-electron chi connectivity index (χ4n) is 0.837. The van der Waals surface area contributed by atoms with Crippen molar-refractivity contribution in [1.82, 2.24) is 10.6 Å². The highest BCUT2D eigenvalue weighted by molar-refractivity contribution is 5.82. The van der Waals surface area contributed by atoms with Crippen LogP contribution in [0.1, 0.15) is 6.42 Å². The lowest BCUT2D eigenvalue weighted by Gasteiger charge is -2.05. The molecule has 1 saturated heterocycles. The Morgan fingerprint density at radius 2 is 2.50 bits per heavy atom. The number of carbonyl (C=O) groups excluding carboxylic acids is 2. The highest BCUT2D eigenvalue weighted by atomic mass is 16.2. The van der Waals surface area contributed by atoms with Gasteiger partial charge in [0.25, 0.3) is 0 Å². The van der Waals surface area contributed by atoms with Crippen molar-refractivity contribution in [2.75, 3.05) is 6.54 Å². The summed E-state index contributed by atoms with van der Waals surface area (Å²) in [6, 6.07) is 0. The molecule has 1 heterocycles. The quantitative estimate of drug-likeness (QED) is 0.414. The van der Waals surface area contributed by atoms with Crippen LogP contribution < -0.4 is 16.4 Å². The minimum atomic E-state index is -0.417. The van der Waals surface area contributed by atoms with Crippen LogP contribution in [0.15, 0.2) is 0 Å². The van der Waals surface area contributed by atoms with Gasteiger partial charge in [0, 0.05) is 0 Å². The average molecular weight is 143 g/mol. The van der Waals surface area contributed by atoms with Gasteiger partial charge in [-0.2, -0.15) is 0 Å². The maximum atomic E-state index is 10.5. The first-order chi connectivity index (χ1) is 4.68. The van der Waals surface area contributed by atoms with Gasteiger partial charge in [-0.15, -0.1) is 0 Å². The summed E-state index contributed by atoms with van der Waals surface area (Å²) >= 11 is 0. The van der Waals surface area contributed by atoms with Gasteiger partial charge in [0.1, 0.15) is 0 Å². The van der Waals surface area contributed by atoms with E-state index in [-0.39, 0.29) is 25.0 Å². The third-order valence-corrected chi connectivity index (χ3v) is 1.25. The number of nitrogens with two attached hydrogens (primary N) is 1. The molecule has 0 aliphatic carbocycles. The number of hydrogen-bond donors (Lipinski definition) is 3. The molecule has 0 spiro atoms. The third-order valence-electron chi connectivity index (χ3n) is 1.25. The highest BCUT2D eigenvalue weighted by Gasteiger charge is 2.20. The zero-order chi connectivity index (χ0) is 7.56. The van der Waals surface area contributed by atoms with Gasteiger partial charge < -0.3 is 11.1 Å². The van der Waals surface area contributed by atoms with Gasteiger partial charge in [-0.3, -0.25) is 14.9 Å². The standard InChI is InChI=1S/C5H9N3O2/c6-3(9)1-4-7-2-5(10)8-4/h4,7H,1-2H2,(H2,6,9)(H,8,10). The number of carbonyl (C=O) groups is 2. The average Bonchev–Trinajstić information content (AvgIpc) is 2.13. The van der Waals surface area contributed by atoms with Crippen molar-refractivity contribution in [2.45, 2.75) is 12.6 Å². The lowest BCUT2D eigenvalue weighted by atomic mass is 10.3. The molecule has 0 aromatic rings. The molecular weight excluding hydrogens is 134 g/mol. The van der Waals surface area contributed by atoms with Crippen LogP contribution in [-0.4, -0.2) is 24.5 Å². The van der Waals surface area contributed by atoms with Gasteiger partial charge in [-0.1, -0.05) is 0 Å². The van der Waals surface area contributed by atoms with Gasteiger partial charge in [0.05, 0.1) is 19.1 Å². The molecule has 0 bridgehead atoms. The first-order valence-corrected chi connectivity index (χ1v) is 2.99. The Morgan fingerprint density at radius 1 is 1.80 bits per heavy atom. The van der Waals surface area contributed by atoms with E-state index in [1.165, 1.54) is 0 Å². The van der Waals surface area contributed by atoms with E-state index >= 15 is 0 Å². The summed E-state index contributed by atoms with van der Waals surface area (Å²) in [5, 5.41) is 5.31. The topological polar surface area (TPSA) is 84.2 Å². The molecule has 1 unspecified atom stereocenters. The van der Waals surface area contributed by atoms with E-state index in [1.54, 1.807) is 0 Å². The van der Waals surface area contributed by atoms with Crippen molar-refractivity contribution in [3.05, 3.63) is 0 Å². The first-order valence-electron chi connectivity index (χ1n) is 2.99. The summed E-state index contributed by atoms with van der Waals surface area (Å²) in [6.45, 7) is 0.276. The van der Waals surface area contributed by atoms with Crippen molar-refractivity contribution < 1.29 is 9.59 Å². The molecule has 1 rings (SSSR count). The number of hydrogen-bond acceptors (Lipinski definition) is 3. The molecule has 10 heavy (non-hydrogen) atoms. The lowest BCUT2D eigenvalue weighted by molar-refractivity contribution is -0.119. The molecule has 0 saturated carbocycles. The van der Waals surface area contributed by atoms with Gasteiger partial charge in [-0.05, 0) is 0 Å². The summed E-state index contributed by atoms with van der Waals surface area (Å²) in [6.07, 6.45) is -0.101. The van der Waals surface area contributed by atoms with Crippen molar-refractivity contribution in [1.29, 1.82) is 0 Å². The summed E-state index contributed by atoms with van der Waals surface area (Å²) in [7, 11) is 0. The largest absolute Gasteiger partial charge is 0.370 e. The third kappa shape index (κ3) is 1.70. The molecule has 0 aromatic heterocycles. The van der Waals surface area contributed by atoms with E-state index < -0.39 is 5.91 Å². The lowest BCUT2D eigenvalue weighted by Crippen LogP contribution is -2.36. The molecule has 1 aliphatic heterocycles. The Labute approximate surface area is 58.0 Å². The summed E-state index contributed by atoms with van der Waals surface area (Å²) in [5.41, 5.74) is 4.89. The molecule has 0 aromatic carbocycles. The van der Waals surface area contributed by atoms with Gasteiger partial charge in [0.15, 0.2) is 0 Å². The van der Waals surface area contributed by atoms with Crippen molar-refractivity contribution in [3.63, 3.8) is 0 Å². The van der Waals surface area contributed by atoms with E-state index in [0.717, 1.165) is 0 Å². The fourth-order valence-corrected chi connectivity index (χ4v) is 0.837. The molecular formula is C5H9N3O2. The second-order valence-electron chi connectivity index (χ2n) is 2.17. The SMILES string of the molecule is NC(=O)CC1NCC(=O)N1. The number of nitrogens with one attached hydrogen (secondary N) is 2. The van der Waals surface area contributed by atoms with Crippen LogP contribution >= 0.6 is 0 Å². The van der Waals surface area contributed by atoms with Gasteiger partial charge in [0.2, 0.25) is 11.8 Å². The maximum absolute atomic E-state index is 10.5. The number of rotatable bonds is 2. The van der Waals surface area contributed by atoms with Crippen LogP contribution in [-0.2, 0) is 9.59 Å². The van der Waals surface area contributed by atoms with Gasteiger partial charge in [-0.25, -0.2) is 0 Å². The second kappa shape index (κ2) is 2.66. The van der Waals surface area contributed by atoms with Crippen LogP contribution in [0.5, 0.6) is 0 Å². The highest BCUT2D eigenvalue weighted by Crippen LogP contribution is 1.91. The molecule has 5 heteroatoms. The van der Waals surface area contributed by atoms with Crippen molar-refractivity contribution in [2.24, 2.45) is 5.73 Å². The second-order valence-corrected chi connectivity index (χ2v) is 2.17. The molecule has 0 radical (unpaired) electrons. The Bertz CT molecular complexity index is 168. The smallest absolute Gasteiger partial charge is 0.235 e. The maximum Gasteiger partial charge on any atom is 0.235 e. The molecule has 4 N–H and O–H groups in total. The minimum Gasteiger partial charge on any atom is -0.370 e. The summed E-state index contributed by atoms with van der Waals surface area (Å²) in [4.78, 5) is 20.8. The van der Waals surface area contributed by atoms with Crippen LogP contribution in [0.4, 0.5) is 0 Å². The number of primary amides is 1. The summed E-state index contributed by atoms with van der Waals surface area (Å²) < 4.78 is 0. The van der Waals surface area contributed by atoms with Crippen molar-refractivity contribution >= 4 is 11.8 Å². The fraction of sp³-hybridized carbons (Fsp3) is 0.600. The van der Waals surface area contributed by atoms with Gasteiger partial charge >= 0.3 is 0 Å². The van der Waals surface area contributed by atoms with E-state index in [0.29, 0.717) is 0 Å². The molecule has 1 fully saturated rings. The monoisotopic (exact) mass is 143 g/mol. The van der Waals surface area contributed by atoms with Crippen LogP contribution in [0.25, 0.3) is 0 Å². The first kappa shape index (κ1) is 7.01. The van der Waals surface area contributed by atoms with Crippen molar-refractivity contribution in [3.8, 4) is 0 Å². The zero-order valence-corrected chi connectivity index (χ0v) is 5.39. The summed E-state index contributed by atoms with van der Waals surface area (Å²) in [5.74, 6) is -0.508. The number of amides is 2. The molecule has 5 nitrogen and oxygen atoms in total. The molecule has 56 valence electrons. The Kier molecular flexibility index (Phi) is 1.86. The predicted molar refractivity (Wildman–Crippen MR) is 33.7 cm³/mol. The zero-order valence-electron chi connectivity index (χ0n) is 5.39. The normalized spacial score (nSPS) is 24.4. The Hall–Kier alpha value is -1.10. The van der Waals surface area contributed by atoms with Crippen LogP contribution in [0.2, 0.25) is 0 Å².